The van der Waals surface area contributed by atoms with Gasteiger partial charge in [0.15, 0.2) is 8.32 Å². The van der Waals surface area contributed by atoms with Crippen LogP contribution in [0.2, 0.25) is 18.1 Å². The van der Waals surface area contributed by atoms with Crippen LogP contribution in [-0.4, -0.2) is 20.5 Å². The fourth-order valence-electron chi connectivity index (χ4n) is 2.10. The lowest BCUT2D eigenvalue weighted by molar-refractivity contribution is 0.159. The predicted octanol–water partition coefficient (Wildman–Crippen LogP) is 4.54. The molecule has 0 amide bonds. The number of rotatable bonds is 4. The molecule has 106 valence electrons. The zero-order chi connectivity index (χ0) is 14.3. The lowest BCUT2D eigenvalue weighted by atomic mass is 10.1. The first kappa shape index (κ1) is 14.8. The molecule has 3 heteroatoms. The Hall–Kier alpha value is -0.643. The summed E-state index contributed by atoms with van der Waals surface area (Å²) in [5.41, 5.74) is 1.26. The summed E-state index contributed by atoms with van der Waals surface area (Å²) in [7, 11) is -1.70. The third-order valence-corrected chi connectivity index (χ3v) is 8.98. The van der Waals surface area contributed by atoms with Crippen molar-refractivity contribution in [2.75, 3.05) is 0 Å². The minimum atomic E-state index is -1.70. The molecule has 1 saturated heterocycles. The highest BCUT2D eigenvalue weighted by molar-refractivity contribution is 6.74. The van der Waals surface area contributed by atoms with Crippen molar-refractivity contribution in [1.82, 2.24) is 0 Å². The van der Waals surface area contributed by atoms with Crippen LogP contribution in [0.4, 0.5) is 0 Å². The first-order chi connectivity index (χ1) is 8.72. The standard InChI is InChI=1S/C16H26O2Si/c1-12(18-19(5,6)16(2,3)4)14-15(17-14)13-10-8-7-9-11-13/h7-12,14-15H,1-6H3/t12-,14-,15-/m0/s1. The normalized spacial score (nSPS) is 25.2. The molecule has 1 aromatic rings. The van der Waals surface area contributed by atoms with Gasteiger partial charge < -0.3 is 9.16 Å². The molecular weight excluding hydrogens is 252 g/mol. The smallest absolute Gasteiger partial charge is 0.192 e. The van der Waals surface area contributed by atoms with Crippen LogP contribution in [0.1, 0.15) is 39.4 Å². The van der Waals surface area contributed by atoms with Gasteiger partial charge in [-0.3, -0.25) is 0 Å². The molecule has 0 aliphatic carbocycles. The molecular formula is C16H26O2Si. The maximum absolute atomic E-state index is 6.39. The summed E-state index contributed by atoms with van der Waals surface area (Å²) in [5.74, 6) is 0. The highest BCUT2D eigenvalue weighted by Crippen LogP contribution is 2.44. The minimum Gasteiger partial charge on any atom is -0.411 e. The Morgan fingerprint density at radius 2 is 1.74 bits per heavy atom. The lowest BCUT2D eigenvalue weighted by Gasteiger charge is -2.38. The van der Waals surface area contributed by atoms with Gasteiger partial charge in [-0.1, -0.05) is 51.1 Å². The Kier molecular flexibility index (Phi) is 3.91. The zero-order valence-corrected chi connectivity index (χ0v) is 13.9. The van der Waals surface area contributed by atoms with Crippen LogP contribution in [0, 0.1) is 0 Å². The van der Waals surface area contributed by atoms with Crippen LogP contribution in [0.25, 0.3) is 0 Å². The Balaban J connectivity index is 1.95. The molecule has 0 unspecified atom stereocenters. The largest absolute Gasteiger partial charge is 0.411 e. The summed E-state index contributed by atoms with van der Waals surface area (Å²) in [4.78, 5) is 0. The molecule has 0 radical (unpaired) electrons. The zero-order valence-electron chi connectivity index (χ0n) is 12.9. The van der Waals surface area contributed by atoms with Crippen molar-refractivity contribution in [2.24, 2.45) is 0 Å². The number of hydrogen-bond donors (Lipinski definition) is 0. The molecule has 3 atom stereocenters. The predicted molar refractivity (Wildman–Crippen MR) is 81.8 cm³/mol. The van der Waals surface area contributed by atoms with Gasteiger partial charge >= 0.3 is 0 Å². The van der Waals surface area contributed by atoms with Gasteiger partial charge in [-0.2, -0.15) is 0 Å². The van der Waals surface area contributed by atoms with E-state index in [1.165, 1.54) is 5.56 Å². The van der Waals surface area contributed by atoms with Crippen molar-refractivity contribution in [1.29, 1.82) is 0 Å². The second-order valence-electron chi connectivity index (χ2n) is 7.02. The average molecular weight is 278 g/mol. The van der Waals surface area contributed by atoms with Gasteiger partial charge in [-0.15, -0.1) is 0 Å². The van der Waals surface area contributed by atoms with Gasteiger partial charge in [0.05, 0.1) is 6.10 Å². The maximum atomic E-state index is 6.39. The molecule has 1 aliphatic rings. The number of ether oxygens (including phenoxy) is 1. The number of hydrogen-bond acceptors (Lipinski definition) is 2. The summed E-state index contributed by atoms with van der Waals surface area (Å²) in [5, 5.41) is 0.248. The minimum absolute atomic E-state index is 0.172. The van der Waals surface area contributed by atoms with E-state index in [1.807, 2.05) is 6.07 Å². The monoisotopic (exact) mass is 278 g/mol. The van der Waals surface area contributed by atoms with Crippen LogP contribution in [0.3, 0.4) is 0 Å². The fourth-order valence-corrected chi connectivity index (χ4v) is 3.52. The fraction of sp³-hybridized carbons (Fsp3) is 0.625. The Morgan fingerprint density at radius 1 is 1.16 bits per heavy atom. The Labute approximate surface area is 118 Å². The summed E-state index contributed by atoms with van der Waals surface area (Å²) in [6, 6.07) is 10.4. The molecule has 0 spiro atoms. The second-order valence-corrected chi connectivity index (χ2v) is 11.8. The highest BCUT2D eigenvalue weighted by atomic mass is 28.4. The van der Waals surface area contributed by atoms with Gasteiger partial charge in [0.25, 0.3) is 0 Å². The van der Waals surface area contributed by atoms with E-state index in [4.69, 9.17) is 9.16 Å². The van der Waals surface area contributed by atoms with Crippen molar-refractivity contribution >= 4 is 8.32 Å². The van der Waals surface area contributed by atoms with Crippen LogP contribution < -0.4 is 0 Å². The Bertz CT molecular complexity index is 422. The third-order valence-electron chi connectivity index (χ3n) is 4.40. The maximum Gasteiger partial charge on any atom is 0.192 e. The highest BCUT2D eigenvalue weighted by Gasteiger charge is 2.48. The van der Waals surface area contributed by atoms with Crippen LogP contribution in [0.5, 0.6) is 0 Å². The van der Waals surface area contributed by atoms with E-state index in [1.54, 1.807) is 0 Å². The molecule has 0 saturated carbocycles. The molecule has 0 N–H and O–H groups in total. The topological polar surface area (TPSA) is 21.8 Å². The molecule has 0 bridgehead atoms. The van der Waals surface area contributed by atoms with E-state index >= 15 is 0 Å². The summed E-state index contributed by atoms with van der Waals surface area (Å²) in [6.45, 7) is 13.6. The summed E-state index contributed by atoms with van der Waals surface area (Å²) < 4.78 is 12.2. The van der Waals surface area contributed by atoms with Gasteiger partial charge in [-0.05, 0) is 30.6 Å². The molecule has 1 fully saturated rings. The van der Waals surface area contributed by atoms with Gasteiger partial charge in [-0.25, -0.2) is 0 Å². The molecule has 1 aliphatic heterocycles. The molecule has 19 heavy (non-hydrogen) atoms. The molecule has 1 heterocycles. The second kappa shape index (κ2) is 5.04. The van der Waals surface area contributed by atoms with Crippen LogP contribution >= 0.6 is 0 Å². The van der Waals surface area contributed by atoms with E-state index in [9.17, 15) is 0 Å². The van der Waals surface area contributed by atoms with Crippen molar-refractivity contribution in [2.45, 2.75) is 64.1 Å². The van der Waals surface area contributed by atoms with Crippen LogP contribution in [0.15, 0.2) is 30.3 Å². The third kappa shape index (κ3) is 3.27. The van der Waals surface area contributed by atoms with Gasteiger partial charge in [0.2, 0.25) is 0 Å². The van der Waals surface area contributed by atoms with E-state index in [-0.39, 0.29) is 23.4 Å². The van der Waals surface area contributed by atoms with E-state index in [0.29, 0.717) is 0 Å². The van der Waals surface area contributed by atoms with Gasteiger partial charge in [0, 0.05) is 0 Å². The SMILES string of the molecule is C[C@H](O[Si](C)(C)C(C)(C)C)[C@@H]1O[C@H]1c1ccccc1. The van der Waals surface area contributed by atoms with Crippen molar-refractivity contribution in [3.8, 4) is 0 Å². The first-order valence-corrected chi connectivity index (χ1v) is 10.0. The summed E-state index contributed by atoms with van der Waals surface area (Å²) >= 11 is 0. The first-order valence-electron chi connectivity index (χ1n) is 7.10. The molecule has 0 aromatic heterocycles. The quantitative estimate of drug-likeness (QED) is 0.596. The van der Waals surface area contributed by atoms with E-state index < -0.39 is 8.32 Å². The summed E-state index contributed by atoms with van der Waals surface area (Å²) in [6.07, 6.45) is 0.614. The van der Waals surface area contributed by atoms with Gasteiger partial charge in [0.1, 0.15) is 12.2 Å². The van der Waals surface area contributed by atoms with E-state index in [0.717, 1.165) is 0 Å². The molecule has 2 nitrogen and oxygen atoms in total. The Morgan fingerprint density at radius 3 is 2.26 bits per heavy atom. The molecule has 2 rings (SSSR count). The van der Waals surface area contributed by atoms with Crippen molar-refractivity contribution < 1.29 is 9.16 Å². The van der Waals surface area contributed by atoms with Crippen LogP contribution in [-0.2, 0) is 9.16 Å². The van der Waals surface area contributed by atoms with E-state index in [2.05, 4.69) is 65.1 Å². The lowest BCUT2D eigenvalue weighted by Crippen LogP contribution is -2.44. The number of epoxide rings is 1. The average Bonchev–Trinajstić information content (AvgIpc) is 3.08. The van der Waals surface area contributed by atoms with Crippen molar-refractivity contribution in [3.05, 3.63) is 35.9 Å². The van der Waals surface area contributed by atoms with Crippen molar-refractivity contribution in [3.63, 3.8) is 0 Å². The molecule has 1 aromatic carbocycles. The number of benzene rings is 1.